The zero-order valence-corrected chi connectivity index (χ0v) is 18.0. The molecule has 0 aliphatic heterocycles. The van der Waals surface area contributed by atoms with Gasteiger partial charge in [-0.1, -0.05) is 48.5 Å². The molecule has 3 aromatic carbocycles. The molecular weight excluding hydrogens is 453 g/mol. The second kappa shape index (κ2) is 9.06. The fourth-order valence-corrected chi connectivity index (χ4v) is 3.77. The third kappa shape index (κ3) is 4.46. The van der Waals surface area contributed by atoms with Crippen molar-refractivity contribution in [3.8, 4) is 5.69 Å². The predicted molar refractivity (Wildman–Crippen MR) is 128 cm³/mol. The number of carbonyl (C=O) groups is 2. The van der Waals surface area contributed by atoms with Crippen molar-refractivity contribution in [2.24, 2.45) is 0 Å². The van der Waals surface area contributed by atoms with E-state index < -0.39 is 0 Å². The summed E-state index contributed by atoms with van der Waals surface area (Å²) in [6.07, 6.45) is 0. The summed E-state index contributed by atoms with van der Waals surface area (Å²) >= 11 is 3.47. The number of aromatic nitrogens is 1. The van der Waals surface area contributed by atoms with Gasteiger partial charge in [0.05, 0.1) is 21.4 Å². The fraction of sp³-hybridized carbons (Fsp3) is 0. The number of amides is 2. The Kier molecular flexibility index (Phi) is 6.05. The number of anilines is 2. The first-order valence-electron chi connectivity index (χ1n) is 9.53. The zero-order valence-electron chi connectivity index (χ0n) is 16.4. The predicted octanol–water partition coefficient (Wildman–Crippen LogP) is 4.54. The van der Waals surface area contributed by atoms with Crippen LogP contribution in [0, 0.1) is 0 Å². The minimum absolute atomic E-state index is 0.313. The summed E-state index contributed by atoms with van der Waals surface area (Å²) < 4.78 is 2.26. The molecule has 31 heavy (non-hydrogen) atoms. The van der Waals surface area contributed by atoms with Gasteiger partial charge in [-0.25, -0.2) is 0 Å². The molecule has 150 valence electrons. The number of carbonyl (C=O) groups excluding carboxylic acids is 2. The van der Waals surface area contributed by atoms with Gasteiger partial charge in [0.1, 0.15) is 7.85 Å². The Bertz CT molecular complexity index is 1150. The normalized spacial score (nSPS) is 10.5. The van der Waals surface area contributed by atoms with E-state index in [1.54, 1.807) is 59.2 Å². The van der Waals surface area contributed by atoms with Crippen LogP contribution in [0.15, 0.2) is 95.6 Å². The van der Waals surface area contributed by atoms with Crippen LogP contribution in [0.25, 0.3) is 5.69 Å². The van der Waals surface area contributed by atoms with E-state index >= 15 is 0 Å². The van der Waals surface area contributed by atoms with Crippen LogP contribution < -0.4 is 16.2 Å². The van der Waals surface area contributed by atoms with Crippen molar-refractivity contribution in [1.29, 1.82) is 0 Å². The van der Waals surface area contributed by atoms with Gasteiger partial charge in [-0.15, -0.1) is 0 Å². The van der Waals surface area contributed by atoms with Gasteiger partial charge in [0.2, 0.25) is 0 Å². The van der Waals surface area contributed by atoms with Crippen LogP contribution >= 0.6 is 15.9 Å². The van der Waals surface area contributed by atoms with Crippen molar-refractivity contribution in [1.82, 2.24) is 4.57 Å². The highest BCUT2D eigenvalue weighted by Gasteiger charge is 2.23. The van der Waals surface area contributed by atoms with Gasteiger partial charge in [-0.2, -0.15) is 0 Å². The Labute approximate surface area is 189 Å². The molecule has 0 unspecified atom stereocenters. The average Bonchev–Trinajstić information content (AvgIpc) is 3.12. The summed E-state index contributed by atoms with van der Waals surface area (Å²) in [5.74, 6) is -0.703. The second-order valence-electron chi connectivity index (χ2n) is 6.76. The molecule has 1 heterocycles. The maximum atomic E-state index is 13.2. The molecule has 5 nitrogen and oxygen atoms in total. The molecule has 0 bridgehead atoms. The number of benzene rings is 3. The number of para-hydroxylation sites is 3. The molecule has 2 N–H and O–H groups in total. The molecule has 0 saturated carbocycles. The lowest BCUT2D eigenvalue weighted by Gasteiger charge is -2.18. The van der Waals surface area contributed by atoms with Crippen LogP contribution in [0.3, 0.4) is 0 Å². The van der Waals surface area contributed by atoms with Crippen LogP contribution in [-0.2, 0) is 0 Å². The Hall–Kier alpha value is -3.58. The lowest BCUT2D eigenvalue weighted by molar-refractivity contribution is 0.102. The van der Waals surface area contributed by atoms with Crippen LogP contribution in [0.2, 0.25) is 0 Å². The highest BCUT2D eigenvalue weighted by atomic mass is 79.9. The first-order valence-corrected chi connectivity index (χ1v) is 10.3. The van der Waals surface area contributed by atoms with Crippen molar-refractivity contribution < 1.29 is 9.59 Å². The molecule has 1 aromatic heterocycles. The zero-order chi connectivity index (χ0) is 21.8. The van der Waals surface area contributed by atoms with Crippen molar-refractivity contribution in [2.75, 3.05) is 10.6 Å². The average molecular weight is 470 g/mol. The number of halogens is 1. The van der Waals surface area contributed by atoms with Crippen LogP contribution in [0.1, 0.15) is 20.7 Å². The fourth-order valence-electron chi connectivity index (χ4n) is 3.25. The number of nitrogens with one attached hydrogen (secondary N) is 2. The smallest absolute Gasteiger partial charge is 0.257 e. The van der Waals surface area contributed by atoms with E-state index in [2.05, 4.69) is 26.6 Å². The van der Waals surface area contributed by atoms with Crippen molar-refractivity contribution >= 4 is 52.6 Å². The molecule has 0 fully saturated rings. The van der Waals surface area contributed by atoms with Crippen LogP contribution in [0.5, 0.6) is 0 Å². The minimum Gasteiger partial charge on any atom is -0.322 e. The van der Waals surface area contributed by atoms with Crippen LogP contribution in [0.4, 0.5) is 11.4 Å². The maximum Gasteiger partial charge on any atom is 0.257 e. The van der Waals surface area contributed by atoms with E-state index in [1.807, 2.05) is 36.4 Å². The summed E-state index contributed by atoms with van der Waals surface area (Å²) in [5.41, 5.74) is 2.70. The molecule has 4 aromatic rings. The highest BCUT2D eigenvalue weighted by Crippen LogP contribution is 2.26. The number of rotatable bonds is 5. The van der Waals surface area contributed by atoms with E-state index in [9.17, 15) is 9.59 Å². The Morgan fingerprint density at radius 3 is 1.58 bits per heavy atom. The van der Waals surface area contributed by atoms with Crippen molar-refractivity contribution in [3.63, 3.8) is 0 Å². The Balaban J connectivity index is 1.81. The van der Waals surface area contributed by atoms with Gasteiger partial charge in [-0.05, 0) is 64.0 Å². The molecule has 0 atom stereocenters. The quantitative estimate of drug-likeness (QED) is 0.421. The third-order valence-corrected chi connectivity index (χ3v) is 5.29. The maximum absolute atomic E-state index is 13.2. The minimum atomic E-state index is -0.351. The lowest BCUT2D eigenvalue weighted by atomic mass is 10.0. The second-order valence-corrected chi connectivity index (χ2v) is 7.57. The lowest BCUT2D eigenvalue weighted by Crippen LogP contribution is -2.25. The third-order valence-electron chi connectivity index (χ3n) is 4.68. The van der Waals surface area contributed by atoms with Gasteiger partial charge < -0.3 is 15.2 Å². The van der Waals surface area contributed by atoms with Crippen LogP contribution in [-0.4, -0.2) is 24.2 Å². The van der Waals surface area contributed by atoms with Gasteiger partial charge in [0, 0.05) is 11.4 Å². The van der Waals surface area contributed by atoms with E-state index in [0.29, 0.717) is 38.4 Å². The summed E-state index contributed by atoms with van der Waals surface area (Å²) in [4.78, 5) is 26.3. The first kappa shape index (κ1) is 20.7. The summed E-state index contributed by atoms with van der Waals surface area (Å²) in [6.45, 7) is 0. The van der Waals surface area contributed by atoms with Crippen molar-refractivity contribution in [3.05, 3.63) is 107 Å². The largest absolute Gasteiger partial charge is 0.322 e. The SMILES string of the molecule is [B]c1ccc(Br)n1-c1c(C(=O)Nc2ccccc2)cccc1C(=O)Nc1ccccc1. The number of nitrogens with zero attached hydrogens (tertiary/aromatic N) is 1. The summed E-state index contributed by atoms with van der Waals surface area (Å²) in [7, 11) is 6.19. The molecule has 4 rings (SSSR count). The van der Waals surface area contributed by atoms with Gasteiger partial charge in [0.15, 0.2) is 0 Å². The molecule has 0 aliphatic carbocycles. The molecular formula is C24H17BBrN3O2. The van der Waals surface area contributed by atoms with E-state index in [-0.39, 0.29) is 11.8 Å². The molecule has 0 spiro atoms. The first-order chi connectivity index (χ1) is 15.0. The van der Waals surface area contributed by atoms with E-state index in [1.165, 1.54) is 0 Å². The Morgan fingerprint density at radius 2 is 1.16 bits per heavy atom. The molecule has 0 aliphatic rings. The molecule has 7 heteroatoms. The molecule has 0 saturated heterocycles. The summed E-state index contributed by atoms with van der Waals surface area (Å²) in [6, 6.07) is 26.7. The number of hydrogen-bond donors (Lipinski definition) is 2. The number of hydrogen-bond acceptors (Lipinski definition) is 2. The molecule has 2 amide bonds. The van der Waals surface area contributed by atoms with Gasteiger partial charge >= 0.3 is 0 Å². The Morgan fingerprint density at radius 1 is 0.677 bits per heavy atom. The monoisotopic (exact) mass is 469 g/mol. The van der Waals surface area contributed by atoms with E-state index in [0.717, 1.165) is 0 Å². The van der Waals surface area contributed by atoms with E-state index in [4.69, 9.17) is 7.85 Å². The van der Waals surface area contributed by atoms with Gasteiger partial charge in [0.25, 0.3) is 11.8 Å². The summed E-state index contributed by atoms with van der Waals surface area (Å²) in [5, 5.41) is 5.75. The molecule has 2 radical (unpaired) electrons. The topological polar surface area (TPSA) is 63.1 Å². The van der Waals surface area contributed by atoms with Gasteiger partial charge in [-0.3, -0.25) is 9.59 Å². The highest BCUT2D eigenvalue weighted by molar-refractivity contribution is 9.10. The van der Waals surface area contributed by atoms with Crippen molar-refractivity contribution in [2.45, 2.75) is 0 Å². The standard InChI is InChI=1S/C24H17BBrN3O2/c25-20-14-15-21(26)29(20)22-18(23(30)27-16-8-3-1-4-9-16)12-7-13-19(22)24(31)28-17-10-5-2-6-11-17/h1-15H,(H,27,30)(H,28,31).